The summed E-state index contributed by atoms with van der Waals surface area (Å²) in [6.07, 6.45) is 0.747. The molecule has 138 valence electrons. The van der Waals surface area contributed by atoms with E-state index in [1.165, 1.54) is 11.3 Å². The first-order valence-electron chi connectivity index (χ1n) is 7.85. The quantitative estimate of drug-likeness (QED) is 0.635. The maximum atomic E-state index is 12.8. The van der Waals surface area contributed by atoms with E-state index in [4.69, 9.17) is 9.84 Å². The smallest absolute Gasteiger partial charge is 0.313 e. The Labute approximate surface area is 159 Å². The summed E-state index contributed by atoms with van der Waals surface area (Å²) >= 11 is 2.37. The van der Waals surface area contributed by atoms with Crippen molar-refractivity contribution in [3.63, 3.8) is 0 Å². The number of hydrogen-bond acceptors (Lipinski definition) is 6. The first kappa shape index (κ1) is 20.0. The highest BCUT2D eigenvalue weighted by Crippen LogP contribution is 2.31. The number of benzene rings is 1. The molecule has 0 spiro atoms. The van der Waals surface area contributed by atoms with E-state index in [2.05, 4.69) is 5.32 Å². The van der Waals surface area contributed by atoms with Crippen LogP contribution in [0.3, 0.4) is 0 Å². The van der Waals surface area contributed by atoms with Crippen LogP contribution in [0.5, 0.6) is 5.75 Å². The molecule has 0 aliphatic carbocycles. The molecule has 1 amide bonds. The van der Waals surface area contributed by atoms with Crippen molar-refractivity contribution in [2.24, 2.45) is 0 Å². The van der Waals surface area contributed by atoms with Gasteiger partial charge in [0, 0.05) is 10.4 Å². The largest absolute Gasteiger partial charge is 0.497 e. The number of carbonyl (C=O) groups is 3. The van der Waals surface area contributed by atoms with Crippen LogP contribution in [0.2, 0.25) is 0 Å². The van der Waals surface area contributed by atoms with Gasteiger partial charge in [0.2, 0.25) is 5.91 Å². The second-order valence-corrected chi connectivity index (χ2v) is 7.42. The molecule has 2 rings (SSSR count). The third kappa shape index (κ3) is 5.34. The van der Waals surface area contributed by atoms with Crippen molar-refractivity contribution in [3.8, 4) is 5.75 Å². The molecule has 0 unspecified atom stereocenters. The maximum Gasteiger partial charge on any atom is 0.313 e. The van der Waals surface area contributed by atoms with Crippen LogP contribution in [0, 0.1) is 0 Å². The standard InChI is InChI=1S/C18H19NO5S2/c1-3-13-8-14(17(23)11-4-6-12(24-2)7-5-11)18(26-13)19-15(20)9-25-10-16(21)22/h4-8H,3,9-10H2,1-2H3,(H,19,20)(H,21,22). The Kier molecular flexibility index (Phi) is 7.23. The molecule has 0 saturated carbocycles. The van der Waals surface area contributed by atoms with E-state index in [1.54, 1.807) is 37.4 Å². The topological polar surface area (TPSA) is 92.7 Å². The molecule has 0 fully saturated rings. The fourth-order valence-electron chi connectivity index (χ4n) is 2.17. The Morgan fingerprint density at radius 1 is 1.19 bits per heavy atom. The second kappa shape index (κ2) is 9.40. The highest BCUT2D eigenvalue weighted by Gasteiger charge is 2.19. The van der Waals surface area contributed by atoms with Gasteiger partial charge in [-0.2, -0.15) is 0 Å². The number of ether oxygens (including phenoxy) is 1. The molecule has 1 aromatic carbocycles. The van der Waals surface area contributed by atoms with E-state index in [0.29, 0.717) is 21.9 Å². The molecule has 2 aromatic rings. The Bertz CT molecular complexity index is 798. The number of rotatable bonds is 9. The zero-order chi connectivity index (χ0) is 19.1. The van der Waals surface area contributed by atoms with Gasteiger partial charge in [0.15, 0.2) is 5.78 Å². The SMILES string of the molecule is CCc1cc(C(=O)c2ccc(OC)cc2)c(NC(=O)CSCC(=O)O)s1. The number of amides is 1. The van der Waals surface area contributed by atoms with Gasteiger partial charge in [-0.25, -0.2) is 0 Å². The van der Waals surface area contributed by atoms with Crippen molar-refractivity contribution in [2.75, 3.05) is 23.9 Å². The van der Waals surface area contributed by atoms with Crippen molar-refractivity contribution in [2.45, 2.75) is 13.3 Å². The van der Waals surface area contributed by atoms with E-state index >= 15 is 0 Å². The van der Waals surface area contributed by atoms with Crippen molar-refractivity contribution in [1.82, 2.24) is 0 Å². The Morgan fingerprint density at radius 3 is 2.46 bits per heavy atom. The zero-order valence-electron chi connectivity index (χ0n) is 14.4. The van der Waals surface area contributed by atoms with E-state index in [0.717, 1.165) is 23.1 Å². The number of carboxylic acid groups (broad SMARTS) is 1. The monoisotopic (exact) mass is 393 g/mol. The number of carbonyl (C=O) groups excluding carboxylic acids is 2. The molecule has 6 nitrogen and oxygen atoms in total. The lowest BCUT2D eigenvalue weighted by Gasteiger charge is -2.06. The van der Waals surface area contributed by atoms with Crippen LogP contribution in [0.15, 0.2) is 30.3 Å². The molecule has 8 heteroatoms. The number of hydrogen-bond donors (Lipinski definition) is 2. The van der Waals surface area contributed by atoms with Crippen LogP contribution in [-0.2, 0) is 16.0 Å². The molecule has 26 heavy (non-hydrogen) atoms. The molecule has 1 aromatic heterocycles. The molecule has 0 aliphatic rings. The second-order valence-electron chi connectivity index (χ2n) is 5.30. The van der Waals surface area contributed by atoms with Gasteiger partial charge in [0.25, 0.3) is 0 Å². The van der Waals surface area contributed by atoms with Gasteiger partial charge in [0.1, 0.15) is 10.8 Å². The lowest BCUT2D eigenvalue weighted by molar-refractivity contribution is -0.133. The maximum absolute atomic E-state index is 12.8. The summed E-state index contributed by atoms with van der Waals surface area (Å²) in [5.74, 6) is -0.952. The van der Waals surface area contributed by atoms with Gasteiger partial charge in [-0.1, -0.05) is 6.92 Å². The summed E-state index contributed by atoms with van der Waals surface area (Å²) in [6, 6.07) is 8.57. The van der Waals surface area contributed by atoms with E-state index in [1.807, 2.05) is 6.92 Å². The van der Waals surface area contributed by atoms with Gasteiger partial charge < -0.3 is 15.2 Å². The average molecular weight is 393 g/mol. The van der Waals surface area contributed by atoms with Gasteiger partial charge in [-0.15, -0.1) is 23.1 Å². The Balaban J connectivity index is 2.17. The predicted molar refractivity (Wildman–Crippen MR) is 104 cm³/mol. The van der Waals surface area contributed by atoms with Crippen LogP contribution in [0.1, 0.15) is 27.7 Å². The number of carboxylic acids is 1. The minimum atomic E-state index is -0.970. The molecular formula is C18H19NO5S2. The molecule has 0 atom stereocenters. The molecular weight excluding hydrogens is 374 g/mol. The summed E-state index contributed by atoms with van der Waals surface area (Å²) < 4.78 is 5.10. The first-order chi connectivity index (χ1) is 12.4. The highest BCUT2D eigenvalue weighted by atomic mass is 32.2. The summed E-state index contributed by atoms with van der Waals surface area (Å²) in [4.78, 5) is 36.4. The molecule has 0 radical (unpaired) electrons. The number of ketones is 1. The van der Waals surface area contributed by atoms with E-state index in [-0.39, 0.29) is 23.2 Å². The number of thiophene rings is 1. The van der Waals surface area contributed by atoms with Crippen molar-refractivity contribution in [1.29, 1.82) is 0 Å². The average Bonchev–Trinajstić information content (AvgIpc) is 3.03. The van der Waals surface area contributed by atoms with Gasteiger partial charge in [0.05, 0.1) is 24.2 Å². The number of aryl methyl sites for hydroxylation is 1. The van der Waals surface area contributed by atoms with Gasteiger partial charge >= 0.3 is 5.97 Å². The van der Waals surface area contributed by atoms with Crippen LogP contribution in [-0.4, -0.2) is 41.4 Å². The minimum Gasteiger partial charge on any atom is -0.497 e. The van der Waals surface area contributed by atoms with Crippen LogP contribution in [0.25, 0.3) is 0 Å². The number of aliphatic carboxylic acids is 1. The summed E-state index contributed by atoms with van der Waals surface area (Å²) in [6.45, 7) is 1.97. The zero-order valence-corrected chi connectivity index (χ0v) is 16.0. The molecule has 0 saturated heterocycles. The van der Waals surface area contributed by atoms with Gasteiger partial charge in [-0.3, -0.25) is 14.4 Å². The third-order valence-corrected chi connectivity index (χ3v) is 5.55. The molecule has 1 heterocycles. The summed E-state index contributed by atoms with van der Waals surface area (Å²) in [7, 11) is 1.55. The van der Waals surface area contributed by atoms with Crippen molar-refractivity contribution >= 4 is 45.8 Å². The fourth-order valence-corrected chi connectivity index (χ4v) is 3.71. The Morgan fingerprint density at radius 2 is 1.88 bits per heavy atom. The minimum absolute atomic E-state index is 0.0157. The molecule has 0 aliphatic heterocycles. The lowest BCUT2D eigenvalue weighted by atomic mass is 10.0. The van der Waals surface area contributed by atoms with E-state index in [9.17, 15) is 14.4 Å². The predicted octanol–water partition coefficient (Wildman–Crippen LogP) is 3.31. The number of nitrogens with one attached hydrogen (secondary N) is 1. The number of methoxy groups -OCH3 is 1. The van der Waals surface area contributed by atoms with E-state index < -0.39 is 5.97 Å². The normalized spacial score (nSPS) is 10.4. The summed E-state index contributed by atoms with van der Waals surface area (Å²) in [5.41, 5.74) is 0.940. The fraction of sp³-hybridized carbons (Fsp3) is 0.278. The molecule has 0 bridgehead atoms. The highest BCUT2D eigenvalue weighted by molar-refractivity contribution is 8.00. The third-order valence-electron chi connectivity index (χ3n) is 3.44. The van der Waals surface area contributed by atoms with Crippen molar-refractivity contribution < 1.29 is 24.2 Å². The number of thioether (sulfide) groups is 1. The summed E-state index contributed by atoms with van der Waals surface area (Å²) in [5, 5.41) is 11.8. The number of anilines is 1. The first-order valence-corrected chi connectivity index (χ1v) is 9.82. The van der Waals surface area contributed by atoms with Crippen LogP contribution >= 0.6 is 23.1 Å². The van der Waals surface area contributed by atoms with Crippen LogP contribution < -0.4 is 10.1 Å². The molecule has 2 N–H and O–H groups in total. The Hall–Kier alpha value is -2.32. The van der Waals surface area contributed by atoms with Crippen molar-refractivity contribution in [3.05, 3.63) is 46.3 Å². The van der Waals surface area contributed by atoms with Crippen LogP contribution in [0.4, 0.5) is 5.00 Å². The van der Waals surface area contributed by atoms with Gasteiger partial charge in [-0.05, 0) is 36.8 Å². The lowest BCUT2D eigenvalue weighted by Crippen LogP contribution is -2.16.